The van der Waals surface area contributed by atoms with Crippen LogP contribution in [0.25, 0.3) is 21.5 Å². The van der Waals surface area contributed by atoms with E-state index >= 15 is 0 Å². The molecule has 0 aliphatic rings. The summed E-state index contributed by atoms with van der Waals surface area (Å²) in [5.41, 5.74) is 2.79. The van der Waals surface area contributed by atoms with Gasteiger partial charge in [0, 0.05) is 0 Å². The minimum atomic E-state index is -1.34. The number of hydrogen-bond donors (Lipinski definition) is 0. The van der Waals surface area contributed by atoms with Crippen LogP contribution in [0.2, 0.25) is 0 Å². The van der Waals surface area contributed by atoms with E-state index in [0.717, 1.165) is 32.7 Å². The van der Waals surface area contributed by atoms with Gasteiger partial charge in [-0.25, -0.2) is 4.79 Å². The molecule has 45 heavy (non-hydrogen) atoms. The Labute approximate surface area is 260 Å². The molecule has 0 bridgehead atoms. The summed E-state index contributed by atoms with van der Waals surface area (Å²) >= 11 is 0. The van der Waals surface area contributed by atoms with Gasteiger partial charge in [0.15, 0.2) is 0 Å². The molecule has 6 aromatic rings. The third-order valence-electron chi connectivity index (χ3n) is 7.36. The van der Waals surface area contributed by atoms with Crippen LogP contribution >= 0.6 is 0 Å². The molecule has 8 nitrogen and oxygen atoms in total. The summed E-state index contributed by atoms with van der Waals surface area (Å²) < 4.78 is 22.3. The van der Waals surface area contributed by atoms with E-state index in [4.69, 9.17) is 18.9 Å². The number of ether oxygens (including phenoxy) is 4. The Morgan fingerprint density at radius 2 is 1.20 bits per heavy atom. The molecule has 1 unspecified atom stereocenters. The zero-order valence-electron chi connectivity index (χ0n) is 24.6. The van der Waals surface area contributed by atoms with Crippen LogP contribution in [-0.4, -0.2) is 29.0 Å². The van der Waals surface area contributed by atoms with Crippen molar-refractivity contribution in [1.29, 1.82) is 0 Å². The predicted molar refractivity (Wildman–Crippen MR) is 170 cm³/mol. The molecule has 0 fully saturated rings. The first-order chi connectivity index (χ1) is 22.1. The van der Waals surface area contributed by atoms with Crippen molar-refractivity contribution in [3.05, 3.63) is 144 Å². The van der Waals surface area contributed by atoms with Gasteiger partial charge < -0.3 is 18.9 Å². The summed E-state index contributed by atoms with van der Waals surface area (Å²) in [4.78, 5) is 34.0. The molecule has 4 aromatic carbocycles. The van der Waals surface area contributed by atoms with Crippen molar-refractivity contribution in [2.24, 2.45) is 0 Å². The van der Waals surface area contributed by atoms with Gasteiger partial charge in [0.05, 0.1) is 37.3 Å². The standard InChI is InChI=1S/C37H30N2O6/c1-42-37(41)36(34-19-18-31(22-39-34)44-24-28-13-7-11-26-9-3-5-15-33(26)28)45-35(40)20-29-16-17-30(21-38-29)43-23-27-12-6-10-25-8-2-4-14-32(25)27/h2-19,21-22,36H,20,23-24H2,1H3. The van der Waals surface area contributed by atoms with E-state index in [1.54, 1.807) is 30.5 Å². The smallest absolute Gasteiger partial charge is 0.353 e. The quantitative estimate of drug-likeness (QED) is 0.148. The number of nitrogens with zero attached hydrogens (tertiary/aromatic N) is 2. The number of benzene rings is 4. The number of pyridine rings is 2. The van der Waals surface area contributed by atoms with E-state index in [2.05, 4.69) is 46.4 Å². The number of carbonyl (C=O) groups excluding carboxylic acids is 2. The molecule has 224 valence electrons. The molecular formula is C37H30N2O6. The normalized spacial score (nSPS) is 11.6. The number of esters is 2. The van der Waals surface area contributed by atoms with E-state index in [-0.39, 0.29) is 12.1 Å². The first-order valence-electron chi connectivity index (χ1n) is 14.4. The highest BCUT2D eigenvalue weighted by molar-refractivity contribution is 5.86. The average Bonchev–Trinajstić information content (AvgIpc) is 3.09. The minimum Gasteiger partial charge on any atom is -0.487 e. The number of fused-ring (bicyclic) bond motifs is 2. The Morgan fingerprint density at radius 1 is 0.644 bits per heavy atom. The monoisotopic (exact) mass is 598 g/mol. The second-order valence-corrected chi connectivity index (χ2v) is 10.3. The second-order valence-electron chi connectivity index (χ2n) is 10.3. The summed E-state index contributed by atoms with van der Waals surface area (Å²) in [7, 11) is 1.23. The molecule has 0 saturated carbocycles. The van der Waals surface area contributed by atoms with Crippen LogP contribution in [0.5, 0.6) is 11.5 Å². The zero-order valence-corrected chi connectivity index (χ0v) is 24.6. The maximum atomic E-state index is 12.8. The SMILES string of the molecule is COC(=O)C(OC(=O)Cc1ccc(OCc2cccc3ccccc23)cn1)c1ccc(OCc2cccc3ccccc23)cn1. The number of methoxy groups -OCH3 is 1. The van der Waals surface area contributed by atoms with Gasteiger partial charge in [-0.05, 0) is 56.9 Å². The van der Waals surface area contributed by atoms with E-state index in [1.165, 1.54) is 13.3 Å². The fourth-order valence-electron chi connectivity index (χ4n) is 5.05. The molecule has 2 aromatic heterocycles. The predicted octanol–water partition coefficient (Wildman–Crippen LogP) is 6.94. The molecule has 1 atom stereocenters. The van der Waals surface area contributed by atoms with Crippen molar-refractivity contribution >= 4 is 33.5 Å². The van der Waals surface area contributed by atoms with Gasteiger partial charge in [0.1, 0.15) is 24.7 Å². The first-order valence-corrected chi connectivity index (χ1v) is 14.4. The van der Waals surface area contributed by atoms with Crippen molar-refractivity contribution in [1.82, 2.24) is 9.97 Å². The molecule has 0 saturated heterocycles. The number of aromatic nitrogens is 2. The fraction of sp³-hybridized carbons (Fsp3) is 0.135. The molecule has 0 amide bonds. The van der Waals surface area contributed by atoms with E-state index in [9.17, 15) is 9.59 Å². The molecule has 0 aliphatic heterocycles. The molecule has 0 N–H and O–H groups in total. The van der Waals surface area contributed by atoms with Crippen LogP contribution in [0.1, 0.15) is 28.6 Å². The highest BCUT2D eigenvalue weighted by Gasteiger charge is 2.27. The molecule has 0 radical (unpaired) electrons. The number of rotatable bonds is 11. The Bertz CT molecular complexity index is 1930. The summed E-state index contributed by atoms with van der Waals surface area (Å²) in [5.74, 6) is -0.321. The summed E-state index contributed by atoms with van der Waals surface area (Å²) in [6.45, 7) is 0.725. The van der Waals surface area contributed by atoms with Crippen LogP contribution in [0.4, 0.5) is 0 Å². The lowest BCUT2D eigenvalue weighted by Crippen LogP contribution is -2.23. The highest BCUT2D eigenvalue weighted by atomic mass is 16.6. The molecule has 2 heterocycles. The first kappa shape index (κ1) is 29.3. The van der Waals surface area contributed by atoms with Crippen molar-refractivity contribution in [3.8, 4) is 11.5 Å². The fourth-order valence-corrected chi connectivity index (χ4v) is 5.05. The van der Waals surface area contributed by atoms with E-state index < -0.39 is 18.0 Å². The van der Waals surface area contributed by atoms with Crippen molar-refractivity contribution in [3.63, 3.8) is 0 Å². The van der Waals surface area contributed by atoms with Gasteiger partial charge in [-0.3, -0.25) is 14.8 Å². The van der Waals surface area contributed by atoms with Crippen LogP contribution in [0.15, 0.2) is 122 Å². The third kappa shape index (κ3) is 7.08. The highest BCUT2D eigenvalue weighted by Crippen LogP contribution is 2.24. The van der Waals surface area contributed by atoms with Crippen LogP contribution in [0.3, 0.4) is 0 Å². The minimum absolute atomic E-state index is 0.149. The maximum Gasteiger partial charge on any atom is 0.353 e. The Kier molecular flexibility index (Phi) is 8.92. The van der Waals surface area contributed by atoms with Crippen molar-refractivity contribution < 1.29 is 28.5 Å². The summed E-state index contributed by atoms with van der Waals surface area (Å²) in [6, 6.07) is 35.1. The van der Waals surface area contributed by atoms with Gasteiger partial charge in [0.2, 0.25) is 6.10 Å². The van der Waals surface area contributed by atoms with Crippen LogP contribution in [-0.2, 0) is 38.7 Å². The topological polar surface area (TPSA) is 96.8 Å². The Morgan fingerprint density at radius 3 is 1.73 bits per heavy atom. The molecule has 6 rings (SSSR count). The van der Waals surface area contributed by atoms with Gasteiger partial charge >= 0.3 is 11.9 Å². The van der Waals surface area contributed by atoms with Crippen LogP contribution in [0, 0.1) is 0 Å². The van der Waals surface area contributed by atoms with Gasteiger partial charge in [-0.15, -0.1) is 0 Å². The zero-order chi connectivity index (χ0) is 31.0. The van der Waals surface area contributed by atoms with Gasteiger partial charge in [-0.2, -0.15) is 0 Å². The Balaban J connectivity index is 1.05. The molecular weight excluding hydrogens is 568 g/mol. The van der Waals surface area contributed by atoms with E-state index in [1.807, 2.05) is 48.5 Å². The lowest BCUT2D eigenvalue weighted by Gasteiger charge is -2.16. The number of hydrogen-bond acceptors (Lipinski definition) is 8. The molecule has 0 aliphatic carbocycles. The average molecular weight is 599 g/mol. The largest absolute Gasteiger partial charge is 0.487 e. The van der Waals surface area contributed by atoms with Gasteiger partial charge in [-0.1, -0.05) is 84.9 Å². The maximum absolute atomic E-state index is 12.8. The molecule has 8 heteroatoms. The lowest BCUT2D eigenvalue weighted by molar-refractivity contribution is -0.166. The summed E-state index contributed by atoms with van der Waals surface area (Å²) in [5, 5.41) is 4.52. The second kappa shape index (κ2) is 13.7. The Hall–Kier alpha value is -5.76. The lowest BCUT2D eigenvalue weighted by atomic mass is 10.1. The van der Waals surface area contributed by atoms with E-state index in [0.29, 0.717) is 30.4 Å². The summed E-state index contributed by atoms with van der Waals surface area (Å²) in [6.07, 6.45) is 1.56. The number of carbonyl (C=O) groups is 2. The van der Waals surface area contributed by atoms with Crippen LogP contribution < -0.4 is 9.47 Å². The van der Waals surface area contributed by atoms with Crippen molar-refractivity contribution in [2.75, 3.05) is 7.11 Å². The third-order valence-corrected chi connectivity index (χ3v) is 7.36. The molecule has 0 spiro atoms. The van der Waals surface area contributed by atoms with Gasteiger partial charge in [0.25, 0.3) is 0 Å². The van der Waals surface area contributed by atoms with Crippen molar-refractivity contribution in [2.45, 2.75) is 25.7 Å².